The maximum Gasteiger partial charge on any atom is 0.144 e. The Morgan fingerprint density at radius 1 is 1.07 bits per heavy atom. The fraction of sp³-hybridized carbons (Fsp3) is 0.923. The molecule has 1 aliphatic heterocycles. The van der Waals surface area contributed by atoms with Crippen molar-refractivity contribution in [1.82, 2.24) is 0 Å². The van der Waals surface area contributed by atoms with E-state index in [0.29, 0.717) is 23.7 Å². The molecule has 2 saturated carbocycles. The van der Waals surface area contributed by atoms with Crippen molar-refractivity contribution in [2.45, 2.75) is 44.6 Å². The first-order valence-corrected chi connectivity index (χ1v) is 6.59. The molecule has 3 fully saturated rings. The van der Waals surface area contributed by atoms with Crippen LogP contribution in [0.1, 0.15) is 38.5 Å². The maximum atomic E-state index is 12.1. The molecule has 0 aromatic rings. The van der Waals surface area contributed by atoms with Crippen LogP contribution in [0.25, 0.3) is 0 Å². The van der Waals surface area contributed by atoms with Crippen molar-refractivity contribution in [3.05, 3.63) is 0 Å². The largest absolute Gasteiger partial charge is 0.323 e. The van der Waals surface area contributed by atoms with Crippen LogP contribution in [0.4, 0.5) is 0 Å². The molecule has 3 aliphatic rings. The lowest BCUT2D eigenvalue weighted by atomic mass is 9.82. The van der Waals surface area contributed by atoms with E-state index >= 15 is 0 Å². The molecule has 84 valence electrons. The standard InChI is InChI=1S/C13H22NO/c1-14(8-2-3-9-14)12-7-5-10-4-6-11(12)13(10)15/h10-12H,2-9H2,1H3/q+1/t10-,11+,12+/m1/s1. The van der Waals surface area contributed by atoms with E-state index in [2.05, 4.69) is 7.05 Å². The predicted octanol–water partition coefficient (Wildman–Crippen LogP) is 1.98. The fourth-order valence-electron chi connectivity index (χ4n) is 4.35. The summed E-state index contributed by atoms with van der Waals surface area (Å²) in [6, 6.07) is 0.679. The summed E-state index contributed by atoms with van der Waals surface area (Å²) in [5.41, 5.74) is 0. The second-order valence-electron chi connectivity index (χ2n) is 6.06. The Balaban J connectivity index is 1.84. The number of hydrogen-bond acceptors (Lipinski definition) is 1. The molecule has 0 N–H and O–H groups in total. The predicted molar refractivity (Wildman–Crippen MR) is 59.4 cm³/mol. The van der Waals surface area contributed by atoms with Gasteiger partial charge in [0.15, 0.2) is 0 Å². The van der Waals surface area contributed by atoms with Gasteiger partial charge in [-0.25, -0.2) is 0 Å². The van der Waals surface area contributed by atoms with E-state index in [1.165, 1.54) is 56.1 Å². The lowest BCUT2D eigenvalue weighted by Crippen LogP contribution is -2.55. The van der Waals surface area contributed by atoms with Gasteiger partial charge in [-0.15, -0.1) is 0 Å². The number of carbonyl (C=O) groups is 1. The van der Waals surface area contributed by atoms with E-state index < -0.39 is 0 Å². The molecule has 0 aromatic heterocycles. The van der Waals surface area contributed by atoms with Gasteiger partial charge in [0.25, 0.3) is 0 Å². The van der Waals surface area contributed by atoms with Gasteiger partial charge in [-0.2, -0.15) is 0 Å². The zero-order valence-corrected chi connectivity index (χ0v) is 9.74. The van der Waals surface area contributed by atoms with Crippen LogP contribution < -0.4 is 0 Å². The van der Waals surface area contributed by atoms with Crippen LogP contribution in [0.15, 0.2) is 0 Å². The van der Waals surface area contributed by atoms with Crippen molar-refractivity contribution < 1.29 is 9.28 Å². The molecule has 2 aliphatic carbocycles. The van der Waals surface area contributed by atoms with E-state index in [4.69, 9.17) is 0 Å². The summed E-state index contributed by atoms with van der Waals surface area (Å²) >= 11 is 0. The summed E-state index contributed by atoms with van der Waals surface area (Å²) in [5.74, 6) is 1.52. The first kappa shape index (κ1) is 9.83. The highest BCUT2D eigenvalue weighted by molar-refractivity contribution is 5.86. The molecule has 0 spiro atoms. The third-order valence-electron chi connectivity index (χ3n) is 5.26. The number of Topliss-reactive ketones (excluding diaryl/α,β-unsaturated/α-hetero) is 1. The maximum absolute atomic E-state index is 12.1. The topological polar surface area (TPSA) is 17.1 Å². The Morgan fingerprint density at radius 2 is 1.73 bits per heavy atom. The van der Waals surface area contributed by atoms with Gasteiger partial charge in [0.2, 0.25) is 0 Å². The molecule has 1 heterocycles. The first-order chi connectivity index (χ1) is 7.21. The highest BCUT2D eigenvalue weighted by Gasteiger charge is 2.51. The second-order valence-corrected chi connectivity index (χ2v) is 6.06. The van der Waals surface area contributed by atoms with Crippen molar-refractivity contribution in [2.75, 3.05) is 20.1 Å². The first-order valence-electron chi connectivity index (χ1n) is 6.59. The van der Waals surface area contributed by atoms with Gasteiger partial charge < -0.3 is 4.48 Å². The second kappa shape index (κ2) is 3.31. The van der Waals surface area contributed by atoms with E-state index in [9.17, 15) is 4.79 Å². The molecular formula is C13H22NO+. The number of fused-ring (bicyclic) bond motifs is 2. The average Bonchev–Trinajstić information content (AvgIpc) is 2.72. The van der Waals surface area contributed by atoms with Crippen molar-refractivity contribution in [3.63, 3.8) is 0 Å². The molecular weight excluding hydrogens is 186 g/mol. The quantitative estimate of drug-likeness (QED) is 0.602. The highest BCUT2D eigenvalue weighted by Crippen LogP contribution is 2.44. The summed E-state index contributed by atoms with van der Waals surface area (Å²) in [6.07, 6.45) is 7.64. The van der Waals surface area contributed by atoms with Crippen LogP contribution >= 0.6 is 0 Å². The molecule has 3 atom stereocenters. The number of hydrogen-bond donors (Lipinski definition) is 0. The van der Waals surface area contributed by atoms with E-state index in [1.807, 2.05) is 0 Å². The summed E-state index contributed by atoms with van der Waals surface area (Å²) in [4.78, 5) is 12.1. The van der Waals surface area contributed by atoms with Gasteiger partial charge in [0.05, 0.1) is 32.1 Å². The monoisotopic (exact) mass is 208 g/mol. The molecule has 0 unspecified atom stereocenters. The third kappa shape index (κ3) is 1.37. The number of carbonyl (C=O) groups excluding carboxylic acids is 1. The Hall–Kier alpha value is -0.370. The molecule has 0 radical (unpaired) electrons. The number of likely N-dealkylation sites (tertiary alicyclic amines) is 1. The molecule has 0 aromatic carbocycles. The summed E-state index contributed by atoms with van der Waals surface area (Å²) in [5, 5.41) is 0. The average molecular weight is 208 g/mol. The van der Waals surface area contributed by atoms with Gasteiger partial charge in [-0.3, -0.25) is 4.79 Å². The molecule has 0 amide bonds. The number of rotatable bonds is 1. The van der Waals surface area contributed by atoms with Gasteiger partial charge in [-0.05, 0) is 19.3 Å². The van der Waals surface area contributed by atoms with Crippen LogP contribution in [0.5, 0.6) is 0 Å². The van der Waals surface area contributed by atoms with Gasteiger partial charge >= 0.3 is 0 Å². The van der Waals surface area contributed by atoms with Gasteiger partial charge in [0, 0.05) is 25.2 Å². The van der Waals surface area contributed by atoms with E-state index in [0.717, 1.165) is 0 Å². The van der Waals surface area contributed by atoms with Crippen LogP contribution in [-0.4, -0.2) is 36.4 Å². The number of nitrogens with zero attached hydrogens (tertiary/aromatic N) is 1. The minimum Gasteiger partial charge on any atom is -0.323 e. The Kier molecular flexibility index (Phi) is 2.17. The normalized spacial score (nSPS) is 43.5. The smallest absolute Gasteiger partial charge is 0.144 e. The summed E-state index contributed by atoms with van der Waals surface area (Å²) in [6.45, 7) is 2.64. The van der Waals surface area contributed by atoms with Gasteiger partial charge in [0.1, 0.15) is 5.78 Å². The fourth-order valence-corrected chi connectivity index (χ4v) is 4.35. The lowest BCUT2D eigenvalue weighted by Gasteiger charge is -2.42. The third-order valence-corrected chi connectivity index (χ3v) is 5.26. The van der Waals surface area contributed by atoms with Crippen molar-refractivity contribution in [1.29, 1.82) is 0 Å². The lowest BCUT2D eigenvalue weighted by molar-refractivity contribution is -0.925. The van der Waals surface area contributed by atoms with Crippen molar-refractivity contribution >= 4 is 5.78 Å². The SMILES string of the molecule is C[N+]1([C@H]2CC[C@H]3CC[C@@H]2C3=O)CCCC1. The van der Waals surface area contributed by atoms with Crippen LogP contribution in [0, 0.1) is 11.8 Å². The number of quaternary nitrogens is 1. The van der Waals surface area contributed by atoms with Crippen LogP contribution in [0.2, 0.25) is 0 Å². The molecule has 2 bridgehead atoms. The number of ketones is 1. The Labute approximate surface area is 92.2 Å². The van der Waals surface area contributed by atoms with Crippen LogP contribution in [0.3, 0.4) is 0 Å². The van der Waals surface area contributed by atoms with E-state index in [-0.39, 0.29) is 0 Å². The molecule has 15 heavy (non-hydrogen) atoms. The zero-order valence-electron chi connectivity index (χ0n) is 9.74. The van der Waals surface area contributed by atoms with Gasteiger partial charge in [-0.1, -0.05) is 0 Å². The zero-order chi connectivity index (χ0) is 10.5. The van der Waals surface area contributed by atoms with Crippen LogP contribution in [-0.2, 0) is 4.79 Å². The van der Waals surface area contributed by atoms with Crippen molar-refractivity contribution in [3.8, 4) is 0 Å². The molecule has 2 nitrogen and oxygen atoms in total. The van der Waals surface area contributed by atoms with Crippen molar-refractivity contribution in [2.24, 2.45) is 11.8 Å². The Bertz CT molecular complexity index is 280. The minimum atomic E-state index is 0.437. The minimum absolute atomic E-state index is 0.437. The molecule has 1 saturated heterocycles. The summed E-state index contributed by atoms with van der Waals surface area (Å²) < 4.78 is 1.21. The Morgan fingerprint density at radius 3 is 2.47 bits per heavy atom. The molecule has 2 heteroatoms. The molecule has 3 rings (SSSR count). The summed E-state index contributed by atoms with van der Waals surface area (Å²) in [7, 11) is 2.39. The highest BCUT2D eigenvalue weighted by atomic mass is 16.1. The van der Waals surface area contributed by atoms with E-state index in [1.54, 1.807) is 0 Å².